The van der Waals surface area contributed by atoms with Crippen LogP contribution in [0.3, 0.4) is 0 Å². The van der Waals surface area contributed by atoms with E-state index in [0.717, 1.165) is 6.42 Å². The zero-order chi connectivity index (χ0) is 14.9. The van der Waals surface area contributed by atoms with E-state index < -0.39 is 29.7 Å². The first kappa shape index (κ1) is 17.1. The highest BCUT2D eigenvalue weighted by Gasteiger charge is 2.34. The van der Waals surface area contributed by atoms with Crippen molar-refractivity contribution in [2.24, 2.45) is 0 Å². The third-order valence-corrected chi connectivity index (χ3v) is 2.34. The molecule has 0 saturated heterocycles. The maximum absolute atomic E-state index is 12.0. The smallest absolute Gasteiger partial charge is 0.313 e. The van der Waals surface area contributed by atoms with E-state index in [1.807, 2.05) is 13.0 Å². The number of Topliss-reactive ketones (excluding diaryl/α,β-unsaturated/α-hetero) is 1. The lowest BCUT2D eigenvalue weighted by Crippen LogP contribution is -2.39. The average molecular weight is 268 g/mol. The van der Waals surface area contributed by atoms with Crippen LogP contribution in [-0.2, 0) is 23.9 Å². The van der Waals surface area contributed by atoms with Crippen molar-refractivity contribution in [1.82, 2.24) is 0 Å². The summed E-state index contributed by atoms with van der Waals surface area (Å²) in [5, 5.41) is 0. The first-order valence-corrected chi connectivity index (χ1v) is 5.99. The Hall–Kier alpha value is -1.91. The van der Waals surface area contributed by atoms with E-state index in [4.69, 9.17) is 4.74 Å². The van der Waals surface area contributed by atoms with Crippen molar-refractivity contribution in [3.63, 3.8) is 0 Å². The SMILES string of the molecule is CC/C=C/C=C/[C@@](C)(OC(C)=O)C(=O)CC(=O)OC. The Morgan fingerprint density at radius 1 is 1.21 bits per heavy atom. The van der Waals surface area contributed by atoms with E-state index in [1.54, 1.807) is 12.2 Å². The van der Waals surface area contributed by atoms with Gasteiger partial charge in [0, 0.05) is 6.92 Å². The normalized spacial score (nSPS) is 14.3. The highest BCUT2D eigenvalue weighted by molar-refractivity contribution is 6.02. The summed E-state index contributed by atoms with van der Waals surface area (Å²) in [6.07, 6.45) is 7.10. The number of rotatable bonds is 7. The van der Waals surface area contributed by atoms with Crippen molar-refractivity contribution in [3.05, 3.63) is 24.3 Å². The first-order chi connectivity index (χ1) is 8.85. The van der Waals surface area contributed by atoms with Gasteiger partial charge in [0.25, 0.3) is 0 Å². The van der Waals surface area contributed by atoms with Crippen LogP contribution in [0.2, 0.25) is 0 Å². The Morgan fingerprint density at radius 3 is 2.32 bits per heavy atom. The fraction of sp³-hybridized carbons (Fsp3) is 0.500. The molecule has 0 rings (SSSR count). The van der Waals surface area contributed by atoms with E-state index in [2.05, 4.69) is 4.74 Å². The third kappa shape index (κ3) is 6.55. The fourth-order valence-electron chi connectivity index (χ4n) is 1.32. The summed E-state index contributed by atoms with van der Waals surface area (Å²) >= 11 is 0. The number of ether oxygens (including phenoxy) is 2. The molecule has 0 heterocycles. The van der Waals surface area contributed by atoms with Crippen LogP contribution in [0.25, 0.3) is 0 Å². The Bertz CT molecular complexity index is 395. The van der Waals surface area contributed by atoms with Gasteiger partial charge in [0.15, 0.2) is 11.4 Å². The standard InChI is InChI=1S/C14H20O5/c1-5-6-7-8-9-14(3,19-11(2)15)12(16)10-13(17)18-4/h6-9H,5,10H2,1-4H3/b7-6+,9-8+/t14-/m1/s1. The molecule has 0 bridgehead atoms. The van der Waals surface area contributed by atoms with Crippen LogP contribution < -0.4 is 0 Å². The molecule has 0 radical (unpaired) electrons. The summed E-state index contributed by atoms with van der Waals surface area (Å²) < 4.78 is 9.43. The van der Waals surface area contributed by atoms with Crippen LogP contribution >= 0.6 is 0 Å². The largest absolute Gasteiger partial charge is 0.469 e. The minimum Gasteiger partial charge on any atom is -0.469 e. The quantitative estimate of drug-likeness (QED) is 0.401. The van der Waals surface area contributed by atoms with Gasteiger partial charge in [-0.2, -0.15) is 0 Å². The van der Waals surface area contributed by atoms with Crippen molar-refractivity contribution in [3.8, 4) is 0 Å². The predicted molar refractivity (Wildman–Crippen MR) is 70.4 cm³/mol. The molecule has 0 aliphatic heterocycles. The molecule has 0 aromatic carbocycles. The van der Waals surface area contributed by atoms with Gasteiger partial charge in [-0.25, -0.2) is 0 Å². The maximum Gasteiger partial charge on any atom is 0.313 e. The van der Waals surface area contributed by atoms with Gasteiger partial charge in [0.05, 0.1) is 7.11 Å². The van der Waals surface area contributed by atoms with Gasteiger partial charge < -0.3 is 9.47 Å². The summed E-state index contributed by atoms with van der Waals surface area (Å²) in [6, 6.07) is 0. The monoisotopic (exact) mass is 268 g/mol. The van der Waals surface area contributed by atoms with Crippen molar-refractivity contribution in [2.75, 3.05) is 7.11 Å². The average Bonchev–Trinajstić information content (AvgIpc) is 2.33. The summed E-state index contributed by atoms with van der Waals surface area (Å²) in [7, 11) is 1.19. The van der Waals surface area contributed by atoms with Crippen LogP contribution in [0, 0.1) is 0 Å². The minimum atomic E-state index is -1.46. The van der Waals surface area contributed by atoms with E-state index >= 15 is 0 Å². The topological polar surface area (TPSA) is 69.7 Å². The number of esters is 2. The number of methoxy groups -OCH3 is 1. The molecule has 0 saturated carbocycles. The van der Waals surface area contributed by atoms with E-state index in [0.29, 0.717) is 0 Å². The summed E-state index contributed by atoms with van der Waals surface area (Å²) in [4.78, 5) is 34.2. The molecule has 0 aliphatic rings. The highest BCUT2D eigenvalue weighted by Crippen LogP contribution is 2.17. The molecule has 0 N–H and O–H groups in total. The van der Waals surface area contributed by atoms with Crippen molar-refractivity contribution in [2.45, 2.75) is 39.2 Å². The summed E-state index contributed by atoms with van der Waals surface area (Å²) in [5.41, 5.74) is -1.46. The Morgan fingerprint density at radius 2 is 1.84 bits per heavy atom. The van der Waals surface area contributed by atoms with Gasteiger partial charge >= 0.3 is 11.9 Å². The van der Waals surface area contributed by atoms with Crippen LogP contribution in [0.5, 0.6) is 0 Å². The Labute approximate surface area is 113 Å². The number of carbonyl (C=O) groups excluding carboxylic acids is 3. The molecule has 0 unspecified atom stereocenters. The van der Waals surface area contributed by atoms with E-state index in [1.165, 1.54) is 27.0 Å². The molecule has 0 amide bonds. The van der Waals surface area contributed by atoms with Crippen molar-refractivity contribution in [1.29, 1.82) is 0 Å². The van der Waals surface area contributed by atoms with Gasteiger partial charge in [-0.1, -0.05) is 25.2 Å². The molecule has 0 aromatic heterocycles. The molecule has 0 aromatic rings. The second-order valence-electron chi connectivity index (χ2n) is 4.07. The molecule has 0 fully saturated rings. The predicted octanol–water partition coefficient (Wildman–Crippen LogP) is 1.96. The van der Waals surface area contributed by atoms with Crippen LogP contribution in [0.1, 0.15) is 33.6 Å². The summed E-state index contributed by atoms with van der Waals surface area (Å²) in [6.45, 7) is 4.62. The second kappa shape index (κ2) is 8.24. The van der Waals surface area contributed by atoms with Gasteiger partial charge in [-0.05, 0) is 19.4 Å². The molecule has 0 aliphatic carbocycles. The number of hydrogen-bond donors (Lipinski definition) is 0. The first-order valence-electron chi connectivity index (χ1n) is 5.99. The lowest BCUT2D eigenvalue weighted by molar-refractivity contribution is -0.161. The van der Waals surface area contributed by atoms with Gasteiger partial charge in [0.1, 0.15) is 6.42 Å². The molecule has 5 heteroatoms. The Kier molecular flexibility index (Phi) is 7.41. The number of carbonyl (C=O) groups is 3. The van der Waals surface area contributed by atoms with Gasteiger partial charge in [-0.15, -0.1) is 0 Å². The third-order valence-electron chi connectivity index (χ3n) is 2.34. The van der Waals surface area contributed by atoms with Crippen LogP contribution in [0.15, 0.2) is 24.3 Å². The maximum atomic E-state index is 12.0. The number of ketones is 1. The zero-order valence-corrected chi connectivity index (χ0v) is 11.8. The lowest BCUT2D eigenvalue weighted by Gasteiger charge is -2.23. The fourth-order valence-corrected chi connectivity index (χ4v) is 1.32. The van der Waals surface area contributed by atoms with Gasteiger partial charge in [-0.3, -0.25) is 14.4 Å². The molecular weight excluding hydrogens is 248 g/mol. The highest BCUT2D eigenvalue weighted by atomic mass is 16.6. The molecular formula is C14H20O5. The van der Waals surface area contributed by atoms with Crippen LogP contribution in [-0.4, -0.2) is 30.4 Å². The molecule has 1 atom stereocenters. The number of allylic oxidation sites excluding steroid dienone is 3. The van der Waals surface area contributed by atoms with E-state index in [-0.39, 0.29) is 0 Å². The zero-order valence-electron chi connectivity index (χ0n) is 11.8. The lowest BCUT2D eigenvalue weighted by atomic mass is 9.97. The second-order valence-corrected chi connectivity index (χ2v) is 4.07. The molecule has 19 heavy (non-hydrogen) atoms. The molecule has 0 spiro atoms. The molecule has 106 valence electrons. The van der Waals surface area contributed by atoms with Crippen molar-refractivity contribution >= 4 is 17.7 Å². The Balaban J connectivity index is 5.00. The van der Waals surface area contributed by atoms with Crippen LogP contribution in [0.4, 0.5) is 0 Å². The van der Waals surface area contributed by atoms with E-state index in [9.17, 15) is 14.4 Å². The van der Waals surface area contributed by atoms with Crippen molar-refractivity contribution < 1.29 is 23.9 Å². The number of hydrogen-bond acceptors (Lipinski definition) is 5. The summed E-state index contributed by atoms with van der Waals surface area (Å²) in [5.74, 6) is -1.79. The minimum absolute atomic E-state index is 0.442. The van der Waals surface area contributed by atoms with Gasteiger partial charge in [0.2, 0.25) is 0 Å². The molecule has 5 nitrogen and oxygen atoms in total.